The van der Waals surface area contributed by atoms with Crippen molar-refractivity contribution in [2.75, 3.05) is 19.6 Å². The second-order valence-corrected chi connectivity index (χ2v) is 6.57. The van der Waals surface area contributed by atoms with Crippen LogP contribution in [0.2, 0.25) is 0 Å². The largest absolute Gasteiger partial charge is 0.338 e. The molecule has 1 unspecified atom stereocenters. The number of carbonyl (C=O) groups excluding carboxylic acids is 1. The lowest BCUT2D eigenvalue weighted by Gasteiger charge is -2.33. The average molecular weight is 338 g/mol. The van der Waals surface area contributed by atoms with Crippen LogP contribution in [0.25, 0.3) is 0 Å². The third-order valence-electron chi connectivity index (χ3n) is 4.54. The lowest BCUT2D eigenvalue weighted by Crippen LogP contribution is -2.50. The number of benzene rings is 1. The number of nitrogens with zero attached hydrogens (tertiary/aromatic N) is 2. The maximum absolute atomic E-state index is 12.1. The van der Waals surface area contributed by atoms with Gasteiger partial charge in [0.25, 0.3) is 0 Å². The summed E-state index contributed by atoms with van der Waals surface area (Å²) in [6, 6.07) is 14.6. The molecule has 1 fully saturated rings. The van der Waals surface area contributed by atoms with E-state index < -0.39 is 0 Å². The number of urea groups is 1. The van der Waals surface area contributed by atoms with Gasteiger partial charge in [0.15, 0.2) is 0 Å². The Hall–Kier alpha value is -2.40. The summed E-state index contributed by atoms with van der Waals surface area (Å²) in [5.74, 6) is 0. The predicted molar refractivity (Wildman–Crippen MR) is 99.2 cm³/mol. The first-order chi connectivity index (χ1) is 12.3. The van der Waals surface area contributed by atoms with Crippen LogP contribution >= 0.6 is 0 Å². The van der Waals surface area contributed by atoms with E-state index in [2.05, 4.69) is 44.8 Å². The highest BCUT2D eigenvalue weighted by molar-refractivity contribution is 5.74. The summed E-state index contributed by atoms with van der Waals surface area (Å²) in [4.78, 5) is 18.5. The number of hydrogen-bond donors (Lipinski definition) is 2. The van der Waals surface area contributed by atoms with E-state index in [0.717, 1.165) is 38.9 Å². The first-order valence-corrected chi connectivity index (χ1v) is 8.99. The molecular weight excluding hydrogens is 312 g/mol. The summed E-state index contributed by atoms with van der Waals surface area (Å²) >= 11 is 0. The molecule has 1 atom stereocenters. The van der Waals surface area contributed by atoms with Crippen molar-refractivity contribution in [3.8, 4) is 0 Å². The molecule has 2 amide bonds. The first-order valence-electron chi connectivity index (χ1n) is 8.99. The van der Waals surface area contributed by atoms with Crippen molar-refractivity contribution in [1.29, 1.82) is 0 Å². The predicted octanol–water partition coefficient (Wildman–Crippen LogP) is 2.59. The SMILES string of the molecule is O=C(NCCc1ccncc1)NC1CCCN(Cc2ccccc2)C1. The summed E-state index contributed by atoms with van der Waals surface area (Å²) in [5.41, 5.74) is 2.51. The molecule has 5 nitrogen and oxygen atoms in total. The molecule has 2 aromatic rings. The van der Waals surface area contributed by atoms with Crippen LogP contribution < -0.4 is 10.6 Å². The standard InChI is InChI=1S/C20H26N4O/c25-20(22-13-10-17-8-11-21-12-9-17)23-19-7-4-14-24(16-19)15-18-5-2-1-3-6-18/h1-3,5-6,8-9,11-12,19H,4,7,10,13-16H2,(H2,22,23,25). The monoisotopic (exact) mass is 338 g/mol. The maximum atomic E-state index is 12.1. The molecule has 1 aliphatic heterocycles. The van der Waals surface area contributed by atoms with Crippen molar-refractivity contribution in [2.45, 2.75) is 31.8 Å². The number of aromatic nitrogens is 1. The first kappa shape index (κ1) is 17.4. The van der Waals surface area contributed by atoms with Gasteiger partial charge in [-0.3, -0.25) is 9.88 Å². The van der Waals surface area contributed by atoms with E-state index in [-0.39, 0.29) is 12.1 Å². The van der Waals surface area contributed by atoms with Crippen molar-refractivity contribution in [3.63, 3.8) is 0 Å². The van der Waals surface area contributed by atoms with E-state index in [1.165, 1.54) is 11.1 Å². The number of nitrogens with one attached hydrogen (secondary N) is 2. The molecule has 1 aliphatic rings. The maximum Gasteiger partial charge on any atom is 0.315 e. The molecule has 132 valence electrons. The Morgan fingerprint density at radius 2 is 1.92 bits per heavy atom. The van der Waals surface area contributed by atoms with Crippen LogP contribution in [0, 0.1) is 0 Å². The second-order valence-electron chi connectivity index (χ2n) is 6.57. The van der Waals surface area contributed by atoms with Crippen LogP contribution in [0.5, 0.6) is 0 Å². The fourth-order valence-electron chi connectivity index (χ4n) is 3.26. The van der Waals surface area contributed by atoms with Gasteiger partial charge in [0, 0.05) is 38.1 Å². The van der Waals surface area contributed by atoms with Gasteiger partial charge in [-0.05, 0) is 49.1 Å². The molecule has 1 aromatic heterocycles. The Labute approximate surface area is 149 Å². The molecule has 5 heteroatoms. The zero-order chi connectivity index (χ0) is 17.3. The highest BCUT2D eigenvalue weighted by Gasteiger charge is 2.21. The topological polar surface area (TPSA) is 57.3 Å². The molecule has 2 heterocycles. The minimum atomic E-state index is -0.0689. The van der Waals surface area contributed by atoms with Crippen LogP contribution in [0.1, 0.15) is 24.0 Å². The van der Waals surface area contributed by atoms with Crippen LogP contribution in [0.15, 0.2) is 54.9 Å². The fraction of sp³-hybridized carbons (Fsp3) is 0.400. The normalized spacial score (nSPS) is 17.8. The van der Waals surface area contributed by atoms with Gasteiger partial charge in [0.2, 0.25) is 0 Å². The van der Waals surface area contributed by atoms with E-state index in [4.69, 9.17) is 0 Å². The van der Waals surface area contributed by atoms with E-state index in [1.807, 2.05) is 18.2 Å². The molecule has 1 saturated heterocycles. The molecule has 0 saturated carbocycles. The van der Waals surface area contributed by atoms with Gasteiger partial charge in [0.1, 0.15) is 0 Å². The molecule has 1 aromatic carbocycles. The molecule has 3 rings (SSSR count). The Morgan fingerprint density at radius 1 is 1.12 bits per heavy atom. The minimum absolute atomic E-state index is 0.0689. The molecule has 0 spiro atoms. The zero-order valence-corrected chi connectivity index (χ0v) is 14.5. The van der Waals surface area contributed by atoms with Crippen molar-refractivity contribution >= 4 is 6.03 Å². The molecular formula is C20H26N4O. The molecule has 0 aliphatic carbocycles. The van der Waals surface area contributed by atoms with E-state index in [9.17, 15) is 4.79 Å². The Morgan fingerprint density at radius 3 is 2.72 bits per heavy atom. The number of amides is 2. The van der Waals surface area contributed by atoms with Crippen molar-refractivity contribution in [3.05, 3.63) is 66.0 Å². The van der Waals surface area contributed by atoms with Gasteiger partial charge in [-0.15, -0.1) is 0 Å². The Balaban J connectivity index is 1.39. The van der Waals surface area contributed by atoms with Crippen molar-refractivity contribution < 1.29 is 4.79 Å². The van der Waals surface area contributed by atoms with Gasteiger partial charge in [-0.1, -0.05) is 30.3 Å². The highest BCUT2D eigenvalue weighted by Crippen LogP contribution is 2.13. The summed E-state index contributed by atoms with van der Waals surface area (Å²) in [7, 11) is 0. The Kier molecular flexibility index (Phi) is 6.40. The number of pyridine rings is 1. The number of carbonyl (C=O) groups is 1. The average Bonchev–Trinajstić information content (AvgIpc) is 2.64. The third kappa shape index (κ3) is 5.87. The van der Waals surface area contributed by atoms with Gasteiger partial charge >= 0.3 is 6.03 Å². The van der Waals surface area contributed by atoms with Gasteiger partial charge in [0.05, 0.1) is 0 Å². The number of likely N-dealkylation sites (tertiary alicyclic amines) is 1. The summed E-state index contributed by atoms with van der Waals surface area (Å²) in [5, 5.41) is 6.07. The van der Waals surface area contributed by atoms with Crippen LogP contribution in [-0.4, -0.2) is 41.6 Å². The lowest BCUT2D eigenvalue weighted by atomic mass is 10.0. The van der Waals surface area contributed by atoms with Crippen molar-refractivity contribution in [1.82, 2.24) is 20.5 Å². The van der Waals surface area contributed by atoms with Gasteiger partial charge < -0.3 is 10.6 Å². The van der Waals surface area contributed by atoms with Gasteiger partial charge in [-0.25, -0.2) is 4.79 Å². The second kappa shape index (κ2) is 9.18. The van der Waals surface area contributed by atoms with E-state index in [1.54, 1.807) is 12.4 Å². The number of piperidine rings is 1. The Bertz CT molecular complexity index is 647. The molecule has 0 radical (unpaired) electrons. The van der Waals surface area contributed by atoms with Crippen LogP contribution in [0.4, 0.5) is 4.79 Å². The molecule has 2 N–H and O–H groups in total. The summed E-state index contributed by atoms with van der Waals surface area (Å²) in [6.45, 7) is 3.59. The lowest BCUT2D eigenvalue weighted by molar-refractivity contribution is 0.180. The zero-order valence-electron chi connectivity index (χ0n) is 14.5. The molecule has 25 heavy (non-hydrogen) atoms. The summed E-state index contributed by atoms with van der Waals surface area (Å²) in [6.07, 6.45) is 6.54. The smallest absolute Gasteiger partial charge is 0.315 e. The van der Waals surface area contributed by atoms with Gasteiger partial charge in [-0.2, -0.15) is 0 Å². The summed E-state index contributed by atoms with van der Waals surface area (Å²) < 4.78 is 0. The number of rotatable bonds is 6. The third-order valence-corrected chi connectivity index (χ3v) is 4.54. The van der Waals surface area contributed by atoms with Crippen LogP contribution in [0.3, 0.4) is 0 Å². The van der Waals surface area contributed by atoms with Crippen molar-refractivity contribution in [2.24, 2.45) is 0 Å². The fourth-order valence-corrected chi connectivity index (χ4v) is 3.26. The van der Waals surface area contributed by atoms with Crippen LogP contribution in [-0.2, 0) is 13.0 Å². The van der Waals surface area contributed by atoms with E-state index in [0.29, 0.717) is 6.54 Å². The minimum Gasteiger partial charge on any atom is -0.338 e. The quantitative estimate of drug-likeness (QED) is 0.851. The number of hydrogen-bond acceptors (Lipinski definition) is 3. The molecule has 0 bridgehead atoms. The van der Waals surface area contributed by atoms with E-state index >= 15 is 0 Å². The highest BCUT2D eigenvalue weighted by atomic mass is 16.2.